The molecule has 180 valence electrons. The number of carbonyl (C=O) groups is 1. The molecule has 34 heavy (non-hydrogen) atoms. The molecule has 3 aromatic rings. The molecule has 10 nitrogen and oxygen atoms in total. The van der Waals surface area contributed by atoms with Crippen molar-refractivity contribution in [1.29, 1.82) is 0 Å². The van der Waals surface area contributed by atoms with Gasteiger partial charge in [0.15, 0.2) is 17.3 Å². The summed E-state index contributed by atoms with van der Waals surface area (Å²) >= 11 is 0. The minimum absolute atomic E-state index is 0.0696. The van der Waals surface area contributed by atoms with E-state index in [1.54, 1.807) is 11.8 Å². The Morgan fingerprint density at radius 2 is 1.88 bits per heavy atom. The third kappa shape index (κ3) is 3.94. The molecule has 0 radical (unpaired) electrons. The summed E-state index contributed by atoms with van der Waals surface area (Å²) in [7, 11) is 0. The van der Waals surface area contributed by atoms with Gasteiger partial charge in [0.2, 0.25) is 5.43 Å². The van der Waals surface area contributed by atoms with Gasteiger partial charge in [-0.05, 0) is 25.8 Å². The van der Waals surface area contributed by atoms with E-state index in [1.165, 1.54) is 10.8 Å². The van der Waals surface area contributed by atoms with Crippen LogP contribution in [0.15, 0.2) is 30.7 Å². The highest BCUT2D eigenvalue weighted by molar-refractivity contribution is 5.86. The van der Waals surface area contributed by atoms with Gasteiger partial charge in [0.25, 0.3) is 0 Å². The van der Waals surface area contributed by atoms with Crippen LogP contribution in [0.5, 0.6) is 5.75 Å². The molecule has 0 amide bonds. The van der Waals surface area contributed by atoms with Gasteiger partial charge >= 0.3 is 12.0 Å². The zero-order valence-electron chi connectivity index (χ0n) is 18.2. The molecule has 0 bridgehead atoms. The van der Waals surface area contributed by atoms with Crippen LogP contribution in [0.2, 0.25) is 0 Å². The van der Waals surface area contributed by atoms with Crippen LogP contribution in [0.25, 0.3) is 10.9 Å². The van der Waals surface area contributed by atoms with Gasteiger partial charge in [-0.2, -0.15) is 0 Å². The SMILES string of the molecule is Cc1oc(=O)oc1CN1CCN(c2c(F)cc3c(=O)c(OC(=O)O)cn(C4CC4)c3c2F)CC1. The highest BCUT2D eigenvalue weighted by atomic mass is 19.1. The second-order valence-electron chi connectivity index (χ2n) is 8.44. The number of nitrogens with zero attached hydrogens (tertiary/aromatic N) is 3. The third-order valence-corrected chi connectivity index (χ3v) is 6.18. The molecule has 1 saturated heterocycles. The van der Waals surface area contributed by atoms with E-state index in [0.29, 0.717) is 44.2 Å². The topological polar surface area (TPSA) is 118 Å². The molecule has 1 saturated carbocycles. The Bertz CT molecular complexity index is 1400. The second-order valence-corrected chi connectivity index (χ2v) is 8.44. The number of hydrogen-bond donors (Lipinski definition) is 1. The van der Waals surface area contributed by atoms with Crippen LogP contribution in [0, 0.1) is 18.6 Å². The van der Waals surface area contributed by atoms with Crippen LogP contribution in [-0.4, -0.2) is 46.9 Å². The smallest absolute Gasteiger partial charge is 0.449 e. The Hall–Kier alpha value is -3.67. The minimum atomic E-state index is -1.68. The van der Waals surface area contributed by atoms with Crippen molar-refractivity contribution in [2.45, 2.75) is 32.4 Å². The quantitative estimate of drug-likeness (QED) is 0.554. The number of aromatic nitrogens is 1. The summed E-state index contributed by atoms with van der Waals surface area (Å²) in [4.78, 5) is 38.4. The Labute approximate surface area is 190 Å². The molecule has 5 rings (SSSR count). The lowest BCUT2D eigenvalue weighted by molar-refractivity contribution is 0.143. The number of rotatable bonds is 5. The minimum Gasteiger partial charge on any atom is -0.449 e. The molecule has 2 aromatic heterocycles. The highest BCUT2D eigenvalue weighted by Gasteiger charge is 2.31. The van der Waals surface area contributed by atoms with Crippen LogP contribution < -0.4 is 20.9 Å². The monoisotopic (exact) mass is 477 g/mol. The van der Waals surface area contributed by atoms with Gasteiger partial charge in [0.1, 0.15) is 17.3 Å². The summed E-state index contributed by atoms with van der Waals surface area (Å²) in [5, 5.41) is 8.64. The Kier molecular flexibility index (Phi) is 5.39. The van der Waals surface area contributed by atoms with Crippen LogP contribution >= 0.6 is 0 Å². The number of halogens is 2. The molecule has 1 N–H and O–H groups in total. The fraction of sp³-hybridized carbons (Fsp3) is 0.409. The maximum absolute atomic E-state index is 15.8. The number of hydrogen-bond acceptors (Lipinski definition) is 8. The first-order valence-corrected chi connectivity index (χ1v) is 10.8. The lowest BCUT2D eigenvalue weighted by Crippen LogP contribution is -2.46. The number of fused-ring (bicyclic) bond motifs is 1. The van der Waals surface area contributed by atoms with Crippen molar-refractivity contribution in [2.75, 3.05) is 31.1 Å². The van der Waals surface area contributed by atoms with Gasteiger partial charge in [-0.1, -0.05) is 0 Å². The lowest BCUT2D eigenvalue weighted by atomic mass is 10.1. The van der Waals surface area contributed by atoms with Gasteiger partial charge in [0, 0.05) is 32.2 Å². The fourth-order valence-corrected chi connectivity index (χ4v) is 4.36. The van der Waals surface area contributed by atoms with Crippen LogP contribution in [0.4, 0.5) is 19.3 Å². The van der Waals surface area contributed by atoms with E-state index in [1.807, 2.05) is 4.90 Å². The molecule has 2 fully saturated rings. The molecular formula is C22H21F2N3O7. The lowest BCUT2D eigenvalue weighted by Gasteiger charge is -2.36. The molecule has 1 aliphatic carbocycles. The van der Waals surface area contributed by atoms with Gasteiger partial charge in [-0.15, -0.1) is 0 Å². The van der Waals surface area contributed by atoms with Gasteiger partial charge in [0.05, 0.1) is 23.6 Å². The van der Waals surface area contributed by atoms with E-state index in [0.717, 1.165) is 18.9 Å². The standard InChI is InChI=1S/C22H21F2N3O7/c1-11-15(34-22(31)32-11)9-25-4-6-26(7-5-25)19-14(23)8-13-18(17(19)24)27(12-2-3-12)10-16(20(13)28)33-21(29)30/h8,10,12H,2-7,9H2,1H3,(H,29,30). The summed E-state index contributed by atoms with van der Waals surface area (Å²) in [6, 6.07) is 0.816. The van der Waals surface area contributed by atoms with Crippen molar-refractivity contribution in [2.24, 2.45) is 0 Å². The van der Waals surface area contributed by atoms with E-state index in [9.17, 15) is 14.4 Å². The van der Waals surface area contributed by atoms with Crippen molar-refractivity contribution >= 4 is 22.7 Å². The average molecular weight is 477 g/mol. The number of carboxylic acid groups (broad SMARTS) is 1. The molecular weight excluding hydrogens is 456 g/mol. The summed E-state index contributed by atoms with van der Waals surface area (Å²) < 4.78 is 46.8. The van der Waals surface area contributed by atoms with Crippen LogP contribution in [0.1, 0.15) is 30.4 Å². The summed E-state index contributed by atoms with van der Waals surface area (Å²) in [6.07, 6.45) is 0.942. The van der Waals surface area contributed by atoms with Crippen LogP contribution in [-0.2, 0) is 6.54 Å². The fourth-order valence-electron chi connectivity index (χ4n) is 4.36. The molecule has 1 aromatic carbocycles. The Morgan fingerprint density at radius 1 is 1.18 bits per heavy atom. The van der Waals surface area contributed by atoms with Crippen molar-refractivity contribution in [3.05, 3.63) is 56.3 Å². The maximum atomic E-state index is 15.8. The molecule has 3 heterocycles. The third-order valence-electron chi connectivity index (χ3n) is 6.18. The van der Waals surface area contributed by atoms with Crippen LogP contribution in [0.3, 0.4) is 0 Å². The molecule has 0 spiro atoms. The number of ether oxygens (including phenoxy) is 1. The summed E-state index contributed by atoms with van der Waals surface area (Å²) in [5.41, 5.74) is -1.20. The highest BCUT2D eigenvalue weighted by Crippen LogP contribution is 2.40. The van der Waals surface area contributed by atoms with Gasteiger partial charge in [-0.3, -0.25) is 9.69 Å². The van der Waals surface area contributed by atoms with E-state index in [2.05, 4.69) is 4.74 Å². The zero-order valence-corrected chi connectivity index (χ0v) is 18.2. The van der Waals surface area contributed by atoms with Crippen molar-refractivity contribution < 1.29 is 32.3 Å². The predicted octanol–water partition coefficient (Wildman–Crippen LogP) is 2.85. The van der Waals surface area contributed by atoms with E-state index in [4.69, 9.17) is 13.9 Å². The average Bonchev–Trinajstić information content (AvgIpc) is 3.56. The Balaban J connectivity index is 1.47. The second kappa shape index (κ2) is 8.28. The normalized spacial score (nSPS) is 16.9. The zero-order chi connectivity index (χ0) is 24.1. The van der Waals surface area contributed by atoms with Crippen molar-refractivity contribution in [3.63, 3.8) is 0 Å². The van der Waals surface area contributed by atoms with Crippen molar-refractivity contribution in [3.8, 4) is 5.75 Å². The Morgan fingerprint density at radius 3 is 2.47 bits per heavy atom. The molecule has 12 heteroatoms. The molecule has 0 unspecified atom stereocenters. The predicted molar refractivity (Wildman–Crippen MR) is 115 cm³/mol. The van der Waals surface area contributed by atoms with E-state index >= 15 is 8.78 Å². The summed E-state index contributed by atoms with van der Waals surface area (Å²) in [6.45, 7) is 3.46. The first-order chi connectivity index (χ1) is 16.2. The van der Waals surface area contributed by atoms with Gasteiger partial charge in [-0.25, -0.2) is 18.4 Å². The number of benzene rings is 1. The first kappa shape index (κ1) is 22.1. The number of pyridine rings is 1. The van der Waals surface area contributed by atoms with Gasteiger partial charge < -0.3 is 28.1 Å². The van der Waals surface area contributed by atoms with E-state index < -0.39 is 34.8 Å². The van der Waals surface area contributed by atoms with E-state index in [-0.39, 0.29) is 22.6 Å². The number of piperazine rings is 1. The number of aryl methyl sites for hydroxylation is 1. The first-order valence-electron chi connectivity index (χ1n) is 10.8. The maximum Gasteiger partial charge on any atom is 0.519 e. The molecule has 1 aliphatic heterocycles. The molecule has 2 aliphatic rings. The summed E-state index contributed by atoms with van der Waals surface area (Å²) in [5.74, 6) is -2.25. The van der Waals surface area contributed by atoms with Crippen molar-refractivity contribution in [1.82, 2.24) is 9.47 Å². The molecule has 0 atom stereocenters. The number of anilines is 1. The largest absolute Gasteiger partial charge is 0.519 e.